The van der Waals surface area contributed by atoms with Gasteiger partial charge in [-0.1, -0.05) is 46.0 Å². The highest BCUT2D eigenvalue weighted by atomic mass is 32.1. The predicted molar refractivity (Wildman–Crippen MR) is 173 cm³/mol. The first-order valence-electron chi connectivity index (χ1n) is 14.7. The van der Waals surface area contributed by atoms with Gasteiger partial charge in [-0.3, -0.25) is 4.79 Å². The van der Waals surface area contributed by atoms with Crippen molar-refractivity contribution < 1.29 is 29.3 Å². The highest BCUT2D eigenvalue weighted by Gasteiger charge is 2.46. The van der Waals surface area contributed by atoms with Crippen LogP contribution in [0.25, 0.3) is 0 Å². The van der Waals surface area contributed by atoms with E-state index in [2.05, 4.69) is 10.1 Å². The fourth-order valence-corrected chi connectivity index (χ4v) is 6.22. The summed E-state index contributed by atoms with van der Waals surface area (Å²) in [5.74, 6) is -0.211. The molecule has 0 radical (unpaired) electrons. The Morgan fingerprint density at radius 2 is 1.40 bits per heavy atom. The highest BCUT2D eigenvalue weighted by Crippen LogP contribution is 2.38. The molecule has 2 saturated heterocycles. The van der Waals surface area contributed by atoms with Crippen molar-refractivity contribution in [1.29, 1.82) is 0 Å². The third-order valence-corrected chi connectivity index (χ3v) is 8.00. The molecular formula is C30H62N2O6S2. The largest absolute Gasteiger partial charge is 0.466 e. The van der Waals surface area contributed by atoms with Crippen molar-refractivity contribution in [3.05, 3.63) is 0 Å². The Morgan fingerprint density at radius 1 is 0.875 bits per heavy atom. The third kappa shape index (κ3) is 13.5. The van der Waals surface area contributed by atoms with Crippen molar-refractivity contribution in [3.8, 4) is 0 Å². The molecule has 0 bridgehead atoms. The summed E-state index contributed by atoms with van der Waals surface area (Å²) < 4.78 is 9.87. The van der Waals surface area contributed by atoms with E-state index < -0.39 is 11.2 Å². The molecule has 240 valence electrons. The molecule has 2 aliphatic heterocycles. The Labute approximate surface area is 258 Å². The summed E-state index contributed by atoms with van der Waals surface area (Å²) >= 11 is 0. The SMILES string of the molecule is C.CC(C)(C)OC(=O)N1CCC[C@H]1C1(O)CCCCC1.CCOC(C)=O.OC1([C@@H]2CCCN2)CCCCC1.S.S. The number of amides is 1. The van der Waals surface area contributed by atoms with Crippen molar-refractivity contribution in [2.24, 2.45) is 0 Å². The molecular weight excluding hydrogens is 548 g/mol. The van der Waals surface area contributed by atoms with E-state index in [-0.39, 0.29) is 58.1 Å². The molecule has 0 spiro atoms. The molecule has 2 saturated carbocycles. The maximum Gasteiger partial charge on any atom is 0.410 e. The van der Waals surface area contributed by atoms with Gasteiger partial charge < -0.3 is 29.9 Å². The number of ether oxygens (including phenoxy) is 2. The molecule has 0 aromatic rings. The number of nitrogens with one attached hydrogen (secondary N) is 1. The Balaban J connectivity index is 0. The van der Waals surface area contributed by atoms with E-state index >= 15 is 0 Å². The quantitative estimate of drug-likeness (QED) is 0.339. The minimum atomic E-state index is -0.689. The van der Waals surface area contributed by atoms with Crippen LogP contribution in [0.1, 0.15) is 132 Å². The second-order valence-electron chi connectivity index (χ2n) is 12.2. The van der Waals surface area contributed by atoms with Crippen molar-refractivity contribution in [1.82, 2.24) is 10.2 Å². The van der Waals surface area contributed by atoms with Gasteiger partial charge in [0, 0.05) is 19.5 Å². The lowest BCUT2D eigenvalue weighted by molar-refractivity contribution is -0.140. The standard InChI is InChI=1S/C15H27NO3.C10H19NO.C4H8O2.CH4.2H2S/c1-14(2,3)19-13(17)16-11-7-8-12(16)15(18)9-5-4-6-10-15;12-10(6-2-1-3-7-10)9-5-4-8-11-9;1-3-6-4(2)5;;;/h12,18H,4-11H2,1-3H3;9,11-12H,1-8H2;3H2,1-2H3;1H4;2*1H2/t12-;9-;;;;/m00..../s1. The summed E-state index contributed by atoms with van der Waals surface area (Å²) in [6, 6.07) is 0.348. The van der Waals surface area contributed by atoms with Crippen molar-refractivity contribution >= 4 is 39.1 Å². The lowest BCUT2D eigenvalue weighted by Gasteiger charge is -2.41. The molecule has 0 aromatic carbocycles. The number of aliphatic hydroxyl groups is 2. The monoisotopic (exact) mass is 610 g/mol. The number of hydrogen-bond acceptors (Lipinski definition) is 7. The molecule has 10 heteroatoms. The zero-order valence-electron chi connectivity index (χ0n) is 25.2. The maximum absolute atomic E-state index is 12.2. The molecule has 1 amide bonds. The van der Waals surface area contributed by atoms with Gasteiger partial charge in [0.25, 0.3) is 0 Å². The van der Waals surface area contributed by atoms with Crippen LogP contribution in [0.15, 0.2) is 0 Å². The van der Waals surface area contributed by atoms with E-state index in [4.69, 9.17) is 4.74 Å². The Kier molecular flexibility index (Phi) is 20.2. The van der Waals surface area contributed by atoms with Crippen molar-refractivity contribution in [2.45, 2.75) is 161 Å². The zero-order valence-corrected chi connectivity index (χ0v) is 27.2. The molecule has 0 unspecified atom stereocenters. The molecule has 40 heavy (non-hydrogen) atoms. The smallest absolute Gasteiger partial charge is 0.410 e. The molecule has 8 nitrogen and oxygen atoms in total. The van der Waals surface area contributed by atoms with E-state index in [1.807, 2.05) is 20.8 Å². The first kappa shape index (κ1) is 41.5. The van der Waals surface area contributed by atoms with Crippen LogP contribution in [0, 0.1) is 0 Å². The van der Waals surface area contributed by atoms with Gasteiger partial charge >= 0.3 is 12.1 Å². The summed E-state index contributed by atoms with van der Waals surface area (Å²) in [7, 11) is 0. The Morgan fingerprint density at radius 3 is 1.80 bits per heavy atom. The van der Waals surface area contributed by atoms with E-state index in [1.54, 1.807) is 11.8 Å². The van der Waals surface area contributed by atoms with E-state index in [0.29, 0.717) is 19.2 Å². The summed E-state index contributed by atoms with van der Waals surface area (Å²) in [5, 5.41) is 24.6. The van der Waals surface area contributed by atoms with Gasteiger partial charge in [0.05, 0.1) is 23.9 Å². The summed E-state index contributed by atoms with van der Waals surface area (Å²) in [6.07, 6.45) is 14.8. The second-order valence-corrected chi connectivity index (χ2v) is 12.2. The molecule has 4 aliphatic rings. The number of hydrogen-bond donors (Lipinski definition) is 3. The topological polar surface area (TPSA) is 108 Å². The van der Waals surface area contributed by atoms with Gasteiger partial charge in [-0.25, -0.2) is 4.79 Å². The summed E-state index contributed by atoms with van der Waals surface area (Å²) in [4.78, 5) is 23.8. The number of rotatable bonds is 3. The van der Waals surface area contributed by atoms with Crippen molar-refractivity contribution in [2.75, 3.05) is 19.7 Å². The third-order valence-electron chi connectivity index (χ3n) is 8.00. The average Bonchev–Trinajstić information content (AvgIpc) is 3.53. The van der Waals surface area contributed by atoms with Crippen LogP contribution in [0.4, 0.5) is 4.79 Å². The van der Waals surface area contributed by atoms with Crippen molar-refractivity contribution in [3.63, 3.8) is 0 Å². The molecule has 4 rings (SSSR count). The van der Waals surface area contributed by atoms with E-state index in [1.165, 1.54) is 45.4 Å². The summed E-state index contributed by atoms with van der Waals surface area (Å²) in [6.45, 7) is 11.1. The van der Waals surface area contributed by atoms with Gasteiger partial charge in [0.2, 0.25) is 0 Å². The normalized spacial score (nSPS) is 24.7. The molecule has 0 aromatic heterocycles. The average molecular weight is 611 g/mol. The molecule has 2 heterocycles. The van der Waals surface area contributed by atoms with E-state index in [0.717, 1.165) is 57.9 Å². The van der Waals surface area contributed by atoms with Gasteiger partial charge in [-0.05, 0) is 85.6 Å². The summed E-state index contributed by atoms with van der Waals surface area (Å²) in [5.41, 5.74) is -1.51. The fraction of sp³-hybridized carbons (Fsp3) is 0.933. The van der Waals surface area contributed by atoms with Crippen LogP contribution in [-0.4, -0.2) is 75.8 Å². The van der Waals surface area contributed by atoms with Crippen LogP contribution in [0.5, 0.6) is 0 Å². The molecule has 4 fully saturated rings. The minimum absolute atomic E-state index is 0. The second kappa shape index (κ2) is 19.5. The first-order chi connectivity index (χ1) is 17.4. The highest BCUT2D eigenvalue weighted by molar-refractivity contribution is 7.59. The lowest BCUT2D eigenvalue weighted by atomic mass is 9.78. The van der Waals surface area contributed by atoms with Crippen LogP contribution in [-0.2, 0) is 14.3 Å². The predicted octanol–water partition coefficient (Wildman–Crippen LogP) is 5.95. The maximum atomic E-state index is 12.2. The zero-order chi connectivity index (χ0) is 27.5. The molecule has 3 N–H and O–H groups in total. The first-order valence-corrected chi connectivity index (χ1v) is 14.7. The minimum Gasteiger partial charge on any atom is -0.466 e. The van der Waals surface area contributed by atoms with Crippen LogP contribution in [0.3, 0.4) is 0 Å². The molecule has 2 atom stereocenters. The van der Waals surface area contributed by atoms with Gasteiger partial charge in [0.15, 0.2) is 0 Å². The van der Waals surface area contributed by atoms with Crippen LogP contribution >= 0.6 is 27.0 Å². The Bertz CT molecular complexity index is 701. The van der Waals surface area contributed by atoms with Gasteiger partial charge in [-0.2, -0.15) is 27.0 Å². The number of nitrogens with zero attached hydrogens (tertiary/aromatic N) is 1. The number of esters is 1. The number of carbonyl (C=O) groups excluding carboxylic acids is 2. The van der Waals surface area contributed by atoms with Crippen LogP contribution in [0.2, 0.25) is 0 Å². The lowest BCUT2D eigenvalue weighted by Crippen LogP contribution is -2.53. The molecule has 2 aliphatic carbocycles. The Hall–Kier alpha value is -0.680. The van der Waals surface area contributed by atoms with Gasteiger partial charge in [0.1, 0.15) is 5.60 Å². The van der Waals surface area contributed by atoms with E-state index in [9.17, 15) is 19.8 Å². The fourth-order valence-electron chi connectivity index (χ4n) is 6.22. The van der Waals surface area contributed by atoms with Crippen LogP contribution < -0.4 is 5.32 Å². The number of likely N-dealkylation sites (tertiary alicyclic amines) is 1. The van der Waals surface area contributed by atoms with Gasteiger partial charge in [-0.15, -0.1) is 0 Å². The number of carbonyl (C=O) groups is 2.